The van der Waals surface area contributed by atoms with Crippen LogP contribution in [-0.4, -0.2) is 16.5 Å². The van der Waals surface area contributed by atoms with Gasteiger partial charge in [0.25, 0.3) is 0 Å². The summed E-state index contributed by atoms with van der Waals surface area (Å²) in [5.74, 6) is 1.31. The minimum atomic E-state index is -0.0186. The normalized spacial score (nSPS) is 11.4. The summed E-state index contributed by atoms with van der Waals surface area (Å²) in [6, 6.07) is 7.84. The monoisotopic (exact) mass is 285 g/mol. The zero-order valence-corrected chi connectivity index (χ0v) is 13.2. The molecule has 0 aliphatic rings. The third-order valence-corrected chi connectivity index (χ3v) is 3.07. The molecule has 0 bridgehead atoms. The fourth-order valence-electron chi connectivity index (χ4n) is 1.90. The summed E-state index contributed by atoms with van der Waals surface area (Å²) in [4.78, 5) is 8.69. The highest BCUT2D eigenvalue weighted by Gasteiger charge is 2.17. The maximum atomic E-state index is 5.83. The molecule has 2 heterocycles. The first-order chi connectivity index (χ1) is 9.99. The van der Waals surface area contributed by atoms with Gasteiger partial charge in [-0.15, -0.1) is 0 Å². The molecule has 2 aromatic rings. The first-order valence-electron chi connectivity index (χ1n) is 7.29. The van der Waals surface area contributed by atoms with Crippen molar-refractivity contribution in [3.63, 3.8) is 0 Å². The smallest absolute Gasteiger partial charge is 0.219 e. The van der Waals surface area contributed by atoms with Gasteiger partial charge in [0.15, 0.2) is 0 Å². The van der Waals surface area contributed by atoms with Crippen molar-refractivity contribution in [1.82, 2.24) is 15.3 Å². The van der Waals surface area contributed by atoms with Crippen LogP contribution in [0.1, 0.15) is 39.0 Å². The fraction of sp³-hybridized carbons (Fsp3) is 0.412. The van der Waals surface area contributed by atoms with Crippen LogP contribution in [0.5, 0.6) is 11.6 Å². The van der Waals surface area contributed by atoms with E-state index < -0.39 is 0 Å². The van der Waals surface area contributed by atoms with Crippen molar-refractivity contribution >= 4 is 0 Å². The van der Waals surface area contributed by atoms with Gasteiger partial charge < -0.3 is 10.1 Å². The molecule has 2 rings (SSSR count). The molecule has 0 aliphatic heterocycles. The number of rotatable bonds is 5. The summed E-state index contributed by atoms with van der Waals surface area (Å²) in [6.07, 6.45) is 3.41. The van der Waals surface area contributed by atoms with Gasteiger partial charge in [-0.1, -0.05) is 27.7 Å². The lowest BCUT2D eigenvalue weighted by atomic mass is 9.91. The Bertz CT molecular complexity index is 576. The van der Waals surface area contributed by atoms with Crippen molar-refractivity contribution in [1.29, 1.82) is 0 Å². The standard InChI is InChI=1S/C17H23N3O/c1-5-18-11-13-9-15(17(2,3)4)20-16(10-13)21-14-7-6-8-19-12-14/h6-10,12,18H,5,11H2,1-4H3. The second kappa shape index (κ2) is 6.68. The number of aromatic nitrogens is 2. The SMILES string of the molecule is CCNCc1cc(Oc2cccnc2)nc(C(C)(C)C)c1. The van der Waals surface area contributed by atoms with Gasteiger partial charge in [0.2, 0.25) is 5.88 Å². The number of pyridine rings is 2. The maximum Gasteiger partial charge on any atom is 0.219 e. The molecule has 4 nitrogen and oxygen atoms in total. The molecule has 0 aromatic carbocycles. The molecule has 0 radical (unpaired) electrons. The van der Waals surface area contributed by atoms with Crippen molar-refractivity contribution < 1.29 is 4.74 Å². The molecule has 0 spiro atoms. The molecule has 2 aromatic heterocycles. The molecular weight excluding hydrogens is 262 g/mol. The summed E-state index contributed by atoms with van der Waals surface area (Å²) < 4.78 is 5.83. The zero-order valence-electron chi connectivity index (χ0n) is 13.2. The second-order valence-corrected chi connectivity index (χ2v) is 6.02. The lowest BCUT2D eigenvalue weighted by Gasteiger charge is -2.20. The highest BCUT2D eigenvalue weighted by atomic mass is 16.5. The van der Waals surface area contributed by atoms with Crippen molar-refractivity contribution in [2.24, 2.45) is 0 Å². The maximum absolute atomic E-state index is 5.83. The van der Waals surface area contributed by atoms with Crippen LogP contribution in [-0.2, 0) is 12.0 Å². The largest absolute Gasteiger partial charge is 0.437 e. The highest BCUT2D eigenvalue weighted by Crippen LogP contribution is 2.26. The van der Waals surface area contributed by atoms with E-state index in [1.165, 1.54) is 5.56 Å². The van der Waals surface area contributed by atoms with Crippen molar-refractivity contribution in [2.45, 2.75) is 39.7 Å². The molecule has 0 atom stereocenters. The van der Waals surface area contributed by atoms with E-state index >= 15 is 0 Å². The second-order valence-electron chi connectivity index (χ2n) is 6.02. The average Bonchev–Trinajstić information content (AvgIpc) is 2.45. The molecule has 0 unspecified atom stereocenters. The topological polar surface area (TPSA) is 47.0 Å². The predicted octanol–water partition coefficient (Wildman–Crippen LogP) is 3.68. The average molecular weight is 285 g/mol. The van der Waals surface area contributed by atoms with Gasteiger partial charge in [-0.25, -0.2) is 4.98 Å². The highest BCUT2D eigenvalue weighted by molar-refractivity contribution is 5.31. The summed E-state index contributed by atoms with van der Waals surface area (Å²) in [7, 11) is 0. The number of ether oxygens (including phenoxy) is 1. The molecule has 21 heavy (non-hydrogen) atoms. The summed E-state index contributed by atoms with van der Waals surface area (Å²) in [5, 5.41) is 3.34. The minimum Gasteiger partial charge on any atom is -0.437 e. The Labute approximate surface area is 126 Å². The van der Waals surface area contributed by atoms with Crippen LogP contribution in [0.4, 0.5) is 0 Å². The Morgan fingerprint density at radius 1 is 1.24 bits per heavy atom. The van der Waals surface area contributed by atoms with E-state index in [9.17, 15) is 0 Å². The Morgan fingerprint density at radius 3 is 2.67 bits per heavy atom. The van der Waals surface area contributed by atoms with Crippen LogP contribution >= 0.6 is 0 Å². The van der Waals surface area contributed by atoms with Crippen molar-refractivity contribution in [2.75, 3.05) is 6.54 Å². The lowest BCUT2D eigenvalue weighted by molar-refractivity contribution is 0.448. The molecule has 4 heteroatoms. The van der Waals surface area contributed by atoms with Gasteiger partial charge in [-0.2, -0.15) is 0 Å². The molecule has 112 valence electrons. The van der Waals surface area contributed by atoms with E-state index in [0.717, 1.165) is 18.8 Å². The number of hydrogen-bond acceptors (Lipinski definition) is 4. The van der Waals surface area contributed by atoms with Gasteiger partial charge in [0.1, 0.15) is 5.75 Å². The van der Waals surface area contributed by atoms with Crippen LogP contribution in [0.3, 0.4) is 0 Å². The molecular formula is C17H23N3O. The van der Waals surface area contributed by atoms with Crippen molar-refractivity contribution in [3.8, 4) is 11.6 Å². The van der Waals surface area contributed by atoms with Crippen LogP contribution in [0, 0.1) is 0 Å². The van der Waals surface area contributed by atoms with Crippen LogP contribution in [0.25, 0.3) is 0 Å². The quantitative estimate of drug-likeness (QED) is 0.910. The third-order valence-electron chi connectivity index (χ3n) is 3.07. The van der Waals surface area contributed by atoms with Crippen LogP contribution in [0.2, 0.25) is 0 Å². The van der Waals surface area contributed by atoms with Gasteiger partial charge in [-0.05, 0) is 30.3 Å². The predicted molar refractivity (Wildman–Crippen MR) is 84.6 cm³/mol. The Hall–Kier alpha value is -1.94. The Balaban J connectivity index is 2.30. The first-order valence-corrected chi connectivity index (χ1v) is 7.29. The Kier molecular flexibility index (Phi) is 4.91. The van der Waals surface area contributed by atoms with E-state index in [2.05, 4.69) is 49.0 Å². The number of nitrogens with zero attached hydrogens (tertiary/aromatic N) is 2. The molecule has 0 saturated carbocycles. The van der Waals surface area contributed by atoms with Gasteiger partial charge in [0.05, 0.1) is 11.9 Å². The molecule has 1 N–H and O–H groups in total. The van der Waals surface area contributed by atoms with E-state index in [0.29, 0.717) is 11.6 Å². The molecule has 0 saturated heterocycles. The molecule has 0 aliphatic carbocycles. The first kappa shape index (κ1) is 15.4. The van der Waals surface area contributed by atoms with Crippen LogP contribution < -0.4 is 10.1 Å². The number of nitrogens with one attached hydrogen (secondary N) is 1. The Morgan fingerprint density at radius 2 is 2.05 bits per heavy atom. The molecule has 0 amide bonds. The van der Waals surface area contributed by atoms with E-state index in [-0.39, 0.29) is 5.41 Å². The van der Waals surface area contributed by atoms with Crippen LogP contribution in [0.15, 0.2) is 36.7 Å². The summed E-state index contributed by atoms with van der Waals surface area (Å²) in [5.41, 5.74) is 2.18. The zero-order chi connectivity index (χ0) is 15.3. The van der Waals surface area contributed by atoms with Gasteiger partial charge in [0, 0.05) is 24.2 Å². The van der Waals surface area contributed by atoms with E-state index in [4.69, 9.17) is 4.74 Å². The summed E-state index contributed by atoms with van der Waals surface area (Å²) in [6.45, 7) is 10.3. The van der Waals surface area contributed by atoms with Crippen molar-refractivity contribution in [3.05, 3.63) is 47.9 Å². The lowest BCUT2D eigenvalue weighted by Crippen LogP contribution is -2.17. The van der Waals surface area contributed by atoms with E-state index in [1.807, 2.05) is 18.2 Å². The fourth-order valence-corrected chi connectivity index (χ4v) is 1.90. The van der Waals surface area contributed by atoms with E-state index in [1.54, 1.807) is 12.4 Å². The summed E-state index contributed by atoms with van der Waals surface area (Å²) >= 11 is 0. The number of hydrogen-bond donors (Lipinski definition) is 1. The minimum absolute atomic E-state index is 0.0186. The molecule has 0 fully saturated rings. The van der Waals surface area contributed by atoms with Gasteiger partial charge >= 0.3 is 0 Å². The van der Waals surface area contributed by atoms with Gasteiger partial charge in [-0.3, -0.25) is 4.98 Å². The third kappa shape index (κ3) is 4.53.